The van der Waals surface area contributed by atoms with E-state index in [1.165, 1.54) is 25.8 Å². The molecule has 2 N–H and O–H groups in total. The first-order valence-electron chi connectivity index (χ1n) is 9.89. The highest BCUT2D eigenvalue weighted by atomic mass is 32.1. The Morgan fingerprint density at radius 3 is 2.47 bits per heavy atom. The molecule has 0 unspecified atom stereocenters. The van der Waals surface area contributed by atoms with Crippen molar-refractivity contribution in [2.75, 3.05) is 26.0 Å². The fourth-order valence-electron chi connectivity index (χ4n) is 2.87. The summed E-state index contributed by atoms with van der Waals surface area (Å²) in [6.07, 6.45) is 4.05. The fraction of sp³-hybridized carbons (Fsp3) is 0.409. The van der Waals surface area contributed by atoms with Crippen molar-refractivity contribution in [3.05, 3.63) is 46.2 Å². The lowest BCUT2D eigenvalue weighted by Gasteiger charge is -2.06. The summed E-state index contributed by atoms with van der Waals surface area (Å²) in [5.74, 6) is -1.30. The van der Waals surface area contributed by atoms with Crippen LogP contribution in [0.4, 0.5) is 5.13 Å². The van der Waals surface area contributed by atoms with Crippen LogP contribution < -0.4 is 5.32 Å². The molecule has 0 bridgehead atoms. The molecular weight excluding hydrogens is 402 g/mol. The number of benzene rings is 1. The van der Waals surface area contributed by atoms with E-state index in [1.54, 1.807) is 19.9 Å². The molecule has 0 atom stereocenters. The Balaban J connectivity index is 0.000000343. The average Bonchev–Trinajstić information content (AvgIpc) is 3.22. The van der Waals surface area contributed by atoms with E-state index in [9.17, 15) is 9.59 Å². The van der Waals surface area contributed by atoms with E-state index in [0.717, 1.165) is 22.3 Å². The number of carbonyl (C=O) groups excluding carboxylic acids is 1. The second-order valence-electron chi connectivity index (χ2n) is 7.26. The molecule has 1 amide bonds. The average molecular weight is 432 g/mol. The van der Waals surface area contributed by atoms with Gasteiger partial charge in [-0.15, -0.1) is 0 Å². The highest BCUT2D eigenvalue weighted by molar-refractivity contribution is 7.17. The quantitative estimate of drug-likeness (QED) is 0.500. The molecule has 0 fully saturated rings. The summed E-state index contributed by atoms with van der Waals surface area (Å²) in [6, 6.07) is 7.36. The largest absolute Gasteiger partial charge is 0.477 e. The monoisotopic (exact) mass is 431 g/mol. The van der Waals surface area contributed by atoms with Gasteiger partial charge in [0.05, 0.1) is 5.69 Å². The van der Waals surface area contributed by atoms with Gasteiger partial charge in [0.1, 0.15) is 10.5 Å². The molecular formula is C22H29N3O4S. The number of aromatic carboxylic acids is 1. The Bertz CT molecular complexity index is 1010. The van der Waals surface area contributed by atoms with Crippen molar-refractivity contribution in [1.82, 2.24) is 9.88 Å². The van der Waals surface area contributed by atoms with E-state index in [0.29, 0.717) is 11.3 Å². The van der Waals surface area contributed by atoms with Crippen LogP contribution in [-0.4, -0.2) is 47.5 Å². The molecule has 0 aliphatic rings. The van der Waals surface area contributed by atoms with Crippen molar-refractivity contribution >= 4 is 39.3 Å². The number of hydrogen-bond acceptors (Lipinski definition) is 6. The Kier molecular flexibility index (Phi) is 8.56. The lowest BCUT2D eigenvalue weighted by molar-refractivity contribution is 0.0701. The Morgan fingerprint density at radius 2 is 1.90 bits per heavy atom. The Morgan fingerprint density at radius 1 is 1.20 bits per heavy atom. The van der Waals surface area contributed by atoms with Crippen LogP contribution in [0.2, 0.25) is 0 Å². The van der Waals surface area contributed by atoms with Gasteiger partial charge in [-0.25, -0.2) is 9.78 Å². The lowest BCUT2D eigenvalue weighted by atomic mass is 10.1. The first-order valence-corrected chi connectivity index (χ1v) is 10.7. The smallest absolute Gasteiger partial charge is 0.347 e. The van der Waals surface area contributed by atoms with Crippen molar-refractivity contribution in [3.8, 4) is 0 Å². The van der Waals surface area contributed by atoms with Gasteiger partial charge in [-0.3, -0.25) is 10.1 Å². The molecule has 0 saturated heterocycles. The topological polar surface area (TPSA) is 95.7 Å². The minimum Gasteiger partial charge on any atom is -0.477 e. The summed E-state index contributed by atoms with van der Waals surface area (Å²) in [5.41, 5.74) is 1.74. The van der Waals surface area contributed by atoms with E-state index < -0.39 is 11.9 Å². The summed E-state index contributed by atoms with van der Waals surface area (Å²) in [7, 11) is 4.24. The van der Waals surface area contributed by atoms with Gasteiger partial charge >= 0.3 is 5.97 Å². The number of furan rings is 1. The fourth-order valence-corrected chi connectivity index (χ4v) is 3.67. The number of nitrogens with one attached hydrogen (secondary N) is 1. The maximum Gasteiger partial charge on any atom is 0.347 e. The molecule has 0 spiro atoms. The zero-order valence-corrected chi connectivity index (χ0v) is 18.9. The van der Waals surface area contributed by atoms with E-state index in [4.69, 9.17) is 9.52 Å². The van der Waals surface area contributed by atoms with E-state index in [1.807, 2.05) is 18.2 Å². The summed E-state index contributed by atoms with van der Waals surface area (Å²) in [5, 5.41) is 12.7. The number of thiazole rings is 1. The molecule has 0 radical (unpaired) electrons. The number of carbonyl (C=O) groups is 2. The highest BCUT2D eigenvalue weighted by Crippen LogP contribution is 2.27. The molecule has 0 aliphatic heterocycles. The SMILES string of the molecule is CCCCCN(C)C.Cc1nc(NC(=O)c2oc3ccccc3c2C)sc1C(=O)O. The number of hydrogen-bond donors (Lipinski definition) is 2. The number of rotatable bonds is 7. The number of anilines is 1. The van der Waals surface area contributed by atoms with Crippen molar-refractivity contribution in [3.63, 3.8) is 0 Å². The standard InChI is InChI=1S/C15H12N2O4S.C7H17N/c1-7-9-5-3-4-6-10(9)21-11(7)13(18)17-15-16-8(2)12(22-15)14(19)20;1-4-5-6-7-8(2)3/h3-6H,1-2H3,(H,19,20)(H,16,17,18);4-7H2,1-3H3. The van der Waals surface area contributed by atoms with E-state index >= 15 is 0 Å². The van der Waals surface area contributed by atoms with Crippen molar-refractivity contribution in [2.45, 2.75) is 40.0 Å². The van der Waals surface area contributed by atoms with Gasteiger partial charge in [0, 0.05) is 10.9 Å². The maximum atomic E-state index is 12.3. The summed E-state index contributed by atoms with van der Waals surface area (Å²) < 4.78 is 5.57. The number of amides is 1. The van der Waals surface area contributed by atoms with Crippen LogP contribution in [0, 0.1) is 13.8 Å². The van der Waals surface area contributed by atoms with Crippen LogP contribution in [-0.2, 0) is 0 Å². The van der Waals surface area contributed by atoms with Gasteiger partial charge in [0.2, 0.25) is 0 Å². The molecule has 2 heterocycles. The van der Waals surface area contributed by atoms with Crippen LogP contribution in [0.15, 0.2) is 28.7 Å². The highest BCUT2D eigenvalue weighted by Gasteiger charge is 2.20. The molecule has 0 aliphatic carbocycles. The lowest BCUT2D eigenvalue weighted by Crippen LogP contribution is -2.12. The van der Waals surface area contributed by atoms with Crippen molar-refractivity contribution in [1.29, 1.82) is 0 Å². The molecule has 8 heteroatoms. The predicted molar refractivity (Wildman–Crippen MR) is 121 cm³/mol. The number of aryl methyl sites for hydroxylation is 2. The molecule has 1 aromatic carbocycles. The van der Waals surface area contributed by atoms with Crippen LogP contribution in [0.5, 0.6) is 0 Å². The van der Waals surface area contributed by atoms with Crippen LogP contribution >= 0.6 is 11.3 Å². The van der Waals surface area contributed by atoms with Crippen molar-refractivity contribution in [2.24, 2.45) is 0 Å². The molecule has 2 aromatic heterocycles. The third-order valence-corrected chi connectivity index (χ3v) is 5.53. The second-order valence-corrected chi connectivity index (χ2v) is 8.25. The summed E-state index contributed by atoms with van der Waals surface area (Å²) >= 11 is 0.919. The van der Waals surface area contributed by atoms with Gasteiger partial charge in [-0.1, -0.05) is 49.3 Å². The third kappa shape index (κ3) is 6.14. The van der Waals surface area contributed by atoms with E-state index in [2.05, 4.69) is 36.2 Å². The van der Waals surface area contributed by atoms with Gasteiger partial charge in [-0.2, -0.15) is 0 Å². The van der Waals surface area contributed by atoms with Crippen LogP contribution in [0.3, 0.4) is 0 Å². The third-order valence-electron chi connectivity index (χ3n) is 4.47. The zero-order chi connectivity index (χ0) is 22.3. The maximum absolute atomic E-state index is 12.3. The molecule has 30 heavy (non-hydrogen) atoms. The number of aromatic nitrogens is 1. The number of carboxylic acid groups (broad SMARTS) is 1. The number of nitrogens with zero attached hydrogens (tertiary/aromatic N) is 2. The van der Waals surface area contributed by atoms with E-state index in [-0.39, 0.29) is 15.8 Å². The number of unbranched alkanes of at least 4 members (excludes halogenated alkanes) is 2. The normalized spacial score (nSPS) is 10.7. The van der Waals surface area contributed by atoms with Gasteiger partial charge in [-0.05, 0) is 47.0 Å². The Labute approximate surface area is 180 Å². The zero-order valence-electron chi connectivity index (χ0n) is 18.1. The van der Waals surface area contributed by atoms with Crippen molar-refractivity contribution < 1.29 is 19.1 Å². The van der Waals surface area contributed by atoms with Crippen LogP contribution in [0.25, 0.3) is 11.0 Å². The first-order chi connectivity index (χ1) is 14.2. The van der Waals surface area contributed by atoms with Crippen LogP contribution in [0.1, 0.15) is 57.7 Å². The number of para-hydroxylation sites is 1. The molecule has 162 valence electrons. The first kappa shape index (κ1) is 23.6. The second kappa shape index (κ2) is 10.9. The molecule has 0 saturated carbocycles. The van der Waals surface area contributed by atoms with Gasteiger partial charge < -0.3 is 14.4 Å². The molecule has 3 rings (SSSR count). The Hall–Kier alpha value is -2.71. The minimum absolute atomic E-state index is 0.108. The van der Waals surface area contributed by atoms with Gasteiger partial charge in [0.15, 0.2) is 10.9 Å². The summed E-state index contributed by atoms with van der Waals surface area (Å²) in [4.78, 5) is 29.7. The number of carboxylic acids is 1. The number of fused-ring (bicyclic) bond motifs is 1. The minimum atomic E-state index is -1.06. The molecule has 7 nitrogen and oxygen atoms in total. The van der Waals surface area contributed by atoms with Gasteiger partial charge in [0.25, 0.3) is 5.91 Å². The summed E-state index contributed by atoms with van der Waals surface area (Å²) in [6.45, 7) is 6.86. The molecule has 3 aromatic rings. The predicted octanol–water partition coefficient (Wildman–Crippen LogP) is 5.19.